The van der Waals surface area contributed by atoms with E-state index in [0.29, 0.717) is 33.4 Å². The van der Waals surface area contributed by atoms with Gasteiger partial charge in [-0.25, -0.2) is 9.78 Å². The summed E-state index contributed by atoms with van der Waals surface area (Å²) in [5.41, 5.74) is 5.20. The number of esters is 1. The summed E-state index contributed by atoms with van der Waals surface area (Å²) in [5.74, 6) is -1.55. The Morgan fingerprint density at radius 3 is 2.12 bits per heavy atom. The number of anilines is 1. The molecule has 1 saturated heterocycles. The molecule has 2 heterocycles. The second-order valence-corrected chi connectivity index (χ2v) is 11.0. The number of pyridine rings is 1. The van der Waals surface area contributed by atoms with Crippen molar-refractivity contribution in [3.63, 3.8) is 0 Å². The maximum absolute atomic E-state index is 13.3. The van der Waals surface area contributed by atoms with Gasteiger partial charge in [0, 0.05) is 16.5 Å². The quantitative estimate of drug-likeness (QED) is 0.162. The number of benzene rings is 3. The van der Waals surface area contributed by atoms with Crippen LogP contribution < -0.4 is 4.90 Å². The fourth-order valence-electron chi connectivity index (χ4n) is 5.89. The summed E-state index contributed by atoms with van der Waals surface area (Å²) >= 11 is 0. The number of imide groups is 1. The Hall–Kier alpha value is -4.65. The Balaban J connectivity index is 1.28. The molecule has 1 aliphatic heterocycles. The van der Waals surface area contributed by atoms with Gasteiger partial charge in [0.1, 0.15) is 0 Å². The van der Waals surface area contributed by atoms with Crippen LogP contribution in [0.5, 0.6) is 0 Å². The largest absolute Gasteiger partial charge is 0.454 e. The van der Waals surface area contributed by atoms with Crippen LogP contribution in [0.15, 0.2) is 72.8 Å². The van der Waals surface area contributed by atoms with Crippen LogP contribution in [0.4, 0.5) is 5.69 Å². The molecule has 0 spiro atoms. The van der Waals surface area contributed by atoms with Crippen molar-refractivity contribution in [2.45, 2.75) is 39.5 Å². The zero-order chi connectivity index (χ0) is 28.7. The summed E-state index contributed by atoms with van der Waals surface area (Å²) in [6, 6.07) is 21.5. The monoisotopic (exact) mass is 546 g/mol. The highest BCUT2D eigenvalue weighted by molar-refractivity contribution is 6.22. The summed E-state index contributed by atoms with van der Waals surface area (Å²) in [6.45, 7) is 3.49. The topological polar surface area (TPSA) is 93.6 Å². The normalized spacial score (nSPS) is 18.4. The van der Waals surface area contributed by atoms with Crippen LogP contribution in [0.3, 0.4) is 0 Å². The number of ether oxygens (including phenoxy) is 1. The molecule has 0 bridgehead atoms. The molecule has 3 aromatic carbocycles. The number of aryl methyl sites for hydroxylation is 2. The maximum Gasteiger partial charge on any atom is 0.339 e. The third kappa shape index (κ3) is 5.04. The van der Waals surface area contributed by atoms with Gasteiger partial charge in [-0.2, -0.15) is 0 Å². The van der Waals surface area contributed by atoms with Gasteiger partial charge in [-0.05, 0) is 57.0 Å². The van der Waals surface area contributed by atoms with E-state index in [1.165, 1.54) is 4.90 Å². The maximum atomic E-state index is 13.3. The van der Waals surface area contributed by atoms with Gasteiger partial charge in [0.05, 0.1) is 34.3 Å². The van der Waals surface area contributed by atoms with Gasteiger partial charge >= 0.3 is 5.97 Å². The lowest BCUT2D eigenvalue weighted by atomic mass is 9.81. The highest BCUT2D eigenvalue weighted by Gasteiger charge is 2.48. The summed E-state index contributed by atoms with van der Waals surface area (Å²) in [4.78, 5) is 58.1. The number of amides is 2. The van der Waals surface area contributed by atoms with Gasteiger partial charge in [0.2, 0.25) is 11.8 Å². The summed E-state index contributed by atoms with van der Waals surface area (Å²) in [6.07, 6.45) is 3.48. The lowest BCUT2D eigenvalue weighted by Gasteiger charge is -2.19. The lowest BCUT2D eigenvalue weighted by Crippen LogP contribution is -2.30. The molecule has 1 saturated carbocycles. The SMILES string of the molecule is Cc1ccc(C(=O)COC(=O)c2cc(-c3ccc(N4C(=O)C5CCCCC5C4=O)cc3)nc3ccc(C)cc23)cc1. The van der Waals surface area contributed by atoms with E-state index in [1.54, 1.807) is 42.5 Å². The number of fused-ring (bicyclic) bond motifs is 2. The number of nitrogens with zero attached hydrogens (tertiary/aromatic N) is 2. The van der Waals surface area contributed by atoms with Crippen LogP contribution in [0, 0.1) is 25.7 Å². The van der Waals surface area contributed by atoms with Crippen LogP contribution >= 0.6 is 0 Å². The van der Waals surface area contributed by atoms with Crippen molar-refractivity contribution in [2.75, 3.05) is 11.5 Å². The molecule has 6 rings (SSSR count). The van der Waals surface area contributed by atoms with Crippen LogP contribution in [-0.2, 0) is 14.3 Å². The first kappa shape index (κ1) is 26.6. The Kier molecular flexibility index (Phi) is 6.95. The molecule has 41 heavy (non-hydrogen) atoms. The summed E-state index contributed by atoms with van der Waals surface area (Å²) < 4.78 is 5.47. The van der Waals surface area contributed by atoms with Gasteiger partial charge in [-0.3, -0.25) is 19.3 Å². The van der Waals surface area contributed by atoms with E-state index in [4.69, 9.17) is 9.72 Å². The lowest BCUT2D eigenvalue weighted by molar-refractivity contribution is -0.122. The van der Waals surface area contributed by atoms with Crippen molar-refractivity contribution < 1.29 is 23.9 Å². The Morgan fingerprint density at radius 1 is 0.829 bits per heavy atom. The molecule has 1 aromatic heterocycles. The van der Waals surface area contributed by atoms with Crippen molar-refractivity contribution in [2.24, 2.45) is 11.8 Å². The Bertz CT molecular complexity index is 1670. The van der Waals surface area contributed by atoms with E-state index in [1.807, 2.05) is 44.2 Å². The number of hydrogen-bond acceptors (Lipinski definition) is 6. The molecule has 7 nitrogen and oxygen atoms in total. The van der Waals surface area contributed by atoms with Crippen LogP contribution in [0.2, 0.25) is 0 Å². The fraction of sp³-hybridized carbons (Fsp3) is 0.265. The highest BCUT2D eigenvalue weighted by atomic mass is 16.5. The number of aromatic nitrogens is 1. The molecule has 2 fully saturated rings. The number of rotatable bonds is 6. The third-order valence-electron chi connectivity index (χ3n) is 8.15. The van der Waals surface area contributed by atoms with Crippen molar-refractivity contribution in [1.29, 1.82) is 0 Å². The van der Waals surface area contributed by atoms with Crippen LogP contribution in [0.1, 0.15) is 57.5 Å². The molecule has 2 amide bonds. The minimum Gasteiger partial charge on any atom is -0.454 e. The van der Waals surface area contributed by atoms with Crippen molar-refractivity contribution in [1.82, 2.24) is 4.98 Å². The minimum atomic E-state index is -0.614. The molecular formula is C34H30N2O5. The second kappa shape index (κ2) is 10.7. The predicted molar refractivity (Wildman–Crippen MR) is 156 cm³/mol. The number of carbonyl (C=O) groups is 4. The molecule has 2 aliphatic rings. The molecule has 0 N–H and O–H groups in total. The zero-order valence-electron chi connectivity index (χ0n) is 23.1. The van der Waals surface area contributed by atoms with E-state index >= 15 is 0 Å². The van der Waals surface area contributed by atoms with E-state index in [-0.39, 0.29) is 36.0 Å². The van der Waals surface area contributed by atoms with Gasteiger partial charge < -0.3 is 4.74 Å². The summed E-state index contributed by atoms with van der Waals surface area (Å²) in [5, 5.41) is 0.633. The Morgan fingerprint density at radius 2 is 1.46 bits per heavy atom. The first-order valence-corrected chi connectivity index (χ1v) is 14.0. The van der Waals surface area contributed by atoms with Crippen LogP contribution in [0.25, 0.3) is 22.2 Å². The molecule has 206 valence electrons. The van der Waals surface area contributed by atoms with E-state index < -0.39 is 5.97 Å². The molecule has 2 atom stereocenters. The van der Waals surface area contributed by atoms with Gasteiger partial charge in [0.15, 0.2) is 12.4 Å². The summed E-state index contributed by atoms with van der Waals surface area (Å²) in [7, 11) is 0. The number of hydrogen-bond donors (Lipinski definition) is 0. The van der Waals surface area contributed by atoms with Gasteiger partial charge in [0.25, 0.3) is 0 Å². The number of ketones is 1. The average molecular weight is 547 g/mol. The minimum absolute atomic E-state index is 0.114. The van der Waals surface area contributed by atoms with Crippen molar-refractivity contribution >= 4 is 40.2 Å². The van der Waals surface area contributed by atoms with E-state index in [2.05, 4.69) is 0 Å². The molecule has 1 aliphatic carbocycles. The number of carbonyl (C=O) groups excluding carboxylic acids is 4. The second-order valence-electron chi connectivity index (χ2n) is 11.0. The predicted octanol–water partition coefficient (Wildman–Crippen LogP) is 6.24. The standard InChI is InChI=1S/C34H30N2O5/c1-20-7-10-23(11-8-20)31(37)19-41-34(40)28-18-30(35-29-16-9-21(2)17-27(28)29)22-12-14-24(15-13-22)36-32(38)25-5-3-4-6-26(25)33(36)39/h7-18,25-26H,3-6,19H2,1-2H3. The van der Waals surface area contributed by atoms with Crippen LogP contribution in [-0.4, -0.2) is 35.2 Å². The van der Waals surface area contributed by atoms with Gasteiger partial charge in [-0.1, -0.05) is 66.4 Å². The molecule has 7 heteroatoms. The molecule has 0 radical (unpaired) electrons. The number of Topliss-reactive ketones (excluding diaryl/α,β-unsaturated/α-hetero) is 1. The Labute approximate surface area is 238 Å². The zero-order valence-corrected chi connectivity index (χ0v) is 23.1. The average Bonchev–Trinajstić information content (AvgIpc) is 3.25. The fourth-order valence-corrected chi connectivity index (χ4v) is 5.89. The molecular weight excluding hydrogens is 516 g/mol. The highest BCUT2D eigenvalue weighted by Crippen LogP contribution is 2.40. The van der Waals surface area contributed by atoms with E-state index in [0.717, 1.165) is 42.4 Å². The third-order valence-corrected chi connectivity index (χ3v) is 8.15. The molecule has 2 unspecified atom stereocenters. The van der Waals surface area contributed by atoms with E-state index in [9.17, 15) is 19.2 Å². The smallest absolute Gasteiger partial charge is 0.339 e. The van der Waals surface area contributed by atoms with Crippen molar-refractivity contribution in [3.05, 3.63) is 95.1 Å². The first-order chi connectivity index (χ1) is 19.8. The molecule has 4 aromatic rings. The first-order valence-electron chi connectivity index (χ1n) is 14.0. The van der Waals surface area contributed by atoms with Crippen molar-refractivity contribution in [3.8, 4) is 11.3 Å². The van der Waals surface area contributed by atoms with Gasteiger partial charge in [-0.15, -0.1) is 0 Å².